The molecule has 1 aromatic rings. The van der Waals surface area contributed by atoms with Crippen LogP contribution in [0.15, 0.2) is 34.2 Å². The van der Waals surface area contributed by atoms with Crippen LogP contribution in [-0.4, -0.2) is 44.7 Å². The molecule has 4 atom stereocenters. The Hall–Kier alpha value is -1.90. The Kier molecular flexibility index (Phi) is 6.14. The van der Waals surface area contributed by atoms with Crippen molar-refractivity contribution in [2.45, 2.75) is 50.7 Å². The minimum atomic E-state index is -1.16. The summed E-state index contributed by atoms with van der Waals surface area (Å²) in [6, 6.07) is 1.16. The van der Waals surface area contributed by atoms with Gasteiger partial charge >= 0.3 is 5.69 Å². The van der Waals surface area contributed by atoms with Crippen LogP contribution < -0.4 is 11.2 Å². The van der Waals surface area contributed by atoms with E-state index in [1.54, 1.807) is 0 Å². The van der Waals surface area contributed by atoms with E-state index in [1.165, 1.54) is 12.5 Å². The predicted molar refractivity (Wildman–Crippen MR) is 81.9 cm³/mol. The van der Waals surface area contributed by atoms with Gasteiger partial charge in [-0.2, -0.15) is 0 Å². The zero-order valence-corrected chi connectivity index (χ0v) is 12.9. The second-order valence-electron chi connectivity index (χ2n) is 5.37. The fourth-order valence-corrected chi connectivity index (χ4v) is 2.43. The maximum absolute atomic E-state index is 11.8. The molecule has 2 heterocycles. The quantitative estimate of drug-likeness (QED) is 0.475. The molecule has 8 heteroatoms. The number of allylic oxidation sites excluding steroid dienone is 1. The summed E-state index contributed by atoms with van der Waals surface area (Å²) in [5, 5.41) is 19.7. The molecule has 0 aromatic carbocycles. The van der Waals surface area contributed by atoms with Crippen molar-refractivity contribution in [2.75, 3.05) is 6.61 Å². The topological polar surface area (TPSA) is 114 Å². The maximum Gasteiger partial charge on any atom is 0.330 e. The van der Waals surface area contributed by atoms with Gasteiger partial charge in [-0.3, -0.25) is 14.3 Å². The van der Waals surface area contributed by atoms with E-state index in [0.29, 0.717) is 0 Å². The maximum atomic E-state index is 11.8. The first kappa shape index (κ1) is 17.5. The molecule has 0 radical (unpaired) electrons. The molecule has 0 unspecified atom stereocenters. The lowest BCUT2D eigenvalue weighted by atomic mass is 10.1. The summed E-state index contributed by atoms with van der Waals surface area (Å²) < 4.78 is 12.0. The number of unbranched alkanes of at least 4 members (excludes halogenated alkanes) is 2. The number of aliphatic hydroxyl groups is 2. The van der Waals surface area contributed by atoms with Crippen molar-refractivity contribution in [3.8, 4) is 0 Å². The number of hydrogen-bond acceptors (Lipinski definition) is 6. The number of nitrogens with zero attached hydrogens (tertiary/aromatic N) is 1. The van der Waals surface area contributed by atoms with Gasteiger partial charge in [-0.1, -0.05) is 13.3 Å². The van der Waals surface area contributed by atoms with E-state index in [4.69, 9.17) is 9.47 Å². The number of nitrogens with one attached hydrogen (secondary N) is 1. The second kappa shape index (κ2) is 8.09. The molecule has 0 saturated carbocycles. The number of hydrogen-bond donors (Lipinski definition) is 3. The minimum Gasteiger partial charge on any atom is -0.493 e. The van der Waals surface area contributed by atoms with Crippen molar-refractivity contribution in [1.29, 1.82) is 0 Å². The Bertz CT molecular complexity index is 637. The zero-order valence-electron chi connectivity index (χ0n) is 12.9. The van der Waals surface area contributed by atoms with Crippen molar-refractivity contribution >= 4 is 0 Å². The number of aromatic amines is 1. The number of rotatable bonds is 7. The van der Waals surface area contributed by atoms with E-state index in [1.807, 2.05) is 6.08 Å². The molecule has 3 N–H and O–H groups in total. The predicted octanol–water partition coefficient (Wildman–Crippen LogP) is -0.124. The van der Waals surface area contributed by atoms with E-state index in [-0.39, 0.29) is 6.61 Å². The summed E-state index contributed by atoms with van der Waals surface area (Å²) in [6.07, 6.45) is 3.73. The first-order valence-electron chi connectivity index (χ1n) is 7.64. The Labute approximate surface area is 133 Å². The van der Waals surface area contributed by atoms with Crippen LogP contribution in [0.1, 0.15) is 32.4 Å². The summed E-state index contributed by atoms with van der Waals surface area (Å²) in [6.45, 7) is 1.72. The third-order valence-electron chi connectivity index (χ3n) is 3.67. The fourth-order valence-electron chi connectivity index (χ4n) is 2.43. The molecule has 1 aliphatic rings. The van der Waals surface area contributed by atoms with Gasteiger partial charge in [0, 0.05) is 12.3 Å². The van der Waals surface area contributed by atoms with Crippen LogP contribution in [0.4, 0.5) is 0 Å². The largest absolute Gasteiger partial charge is 0.493 e. The highest BCUT2D eigenvalue weighted by Gasteiger charge is 2.46. The lowest BCUT2D eigenvalue weighted by Gasteiger charge is -2.19. The monoisotopic (exact) mass is 326 g/mol. The number of aliphatic hydroxyl groups excluding tert-OH is 2. The van der Waals surface area contributed by atoms with Gasteiger partial charge in [0.2, 0.25) is 0 Å². The summed E-state index contributed by atoms with van der Waals surface area (Å²) in [5.41, 5.74) is -1.23. The van der Waals surface area contributed by atoms with Crippen LogP contribution in [0.25, 0.3) is 0 Å². The Morgan fingerprint density at radius 1 is 1.48 bits per heavy atom. The summed E-state index contributed by atoms with van der Waals surface area (Å²) >= 11 is 0. The first-order chi connectivity index (χ1) is 11.1. The van der Waals surface area contributed by atoms with Crippen molar-refractivity contribution in [3.05, 3.63) is 45.4 Å². The third kappa shape index (κ3) is 4.10. The Morgan fingerprint density at radius 3 is 2.91 bits per heavy atom. The number of ether oxygens (including phenoxy) is 2. The zero-order chi connectivity index (χ0) is 16.8. The van der Waals surface area contributed by atoms with Crippen molar-refractivity contribution in [2.24, 2.45) is 0 Å². The summed E-state index contributed by atoms with van der Waals surface area (Å²) in [4.78, 5) is 25.0. The summed E-state index contributed by atoms with van der Waals surface area (Å²) in [5.74, 6) is 0. The van der Waals surface area contributed by atoms with Gasteiger partial charge in [0.05, 0.1) is 12.9 Å². The van der Waals surface area contributed by atoms with Crippen LogP contribution >= 0.6 is 0 Å². The second-order valence-corrected chi connectivity index (χ2v) is 5.37. The standard InChI is InChI=1S/C15H22N2O6/c1-2-3-4-5-8-22-13-10(9-18)23-14(12(13)20)17-7-6-11(19)16-15(17)21/h5-8,10,12-14,18,20H,2-4,9H2,1H3,(H,16,19,21)/t10-,12-,13-,14-/m1/s1. The van der Waals surface area contributed by atoms with Gasteiger partial charge in [-0.15, -0.1) is 0 Å². The van der Waals surface area contributed by atoms with E-state index in [2.05, 4.69) is 11.9 Å². The smallest absolute Gasteiger partial charge is 0.330 e. The lowest BCUT2D eigenvalue weighted by molar-refractivity contribution is -0.0554. The molecule has 0 spiro atoms. The molecule has 0 aliphatic carbocycles. The van der Waals surface area contributed by atoms with Crippen molar-refractivity contribution < 1.29 is 19.7 Å². The van der Waals surface area contributed by atoms with Crippen LogP contribution in [0, 0.1) is 0 Å². The molecule has 0 bridgehead atoms. The molecule has 23 heavy (non-hydrogen) atoms. The van der Waals surface area contributed by atoms with E-state index in [9.17, 15) is 19.8 Å². The molecule has 1 aliphatic heterocycles. The Morgan fingerprint density at radius 2 is 2.26 bits per heavy atom. The minimum absolute atomic E-state index is 0.362. The van der Waals surface area contributed by atoms with E-state index in [0.717, 1.165) is 29.9 Å². The number of H-pyrrole nitrogens is 1. The molecular formula is C15H22N2O6. The van der Waals surface area contributed by atoms with Gasteiger partial charge in [0.15, 0.2) is 12.3 Å². The van der Waals surface area contributed by atoms with Crippen LogP contribution in [0.3, 0.4) is 0 Å². The SMILES string of the molecule is CCCCC=CO[C@H]1[C@@H](O)[C@H](n2ccc(=O)[nH]c2=O)O[C@@H]1CO. The first-order valence-corrected chi connectivity index (χ1v) is 7.64. The van der Waals surface area contributed by atoms with Crippen LogP contribution in [0.5, 0.6) is 0 Å². The van der Waals surface area contributed by atoms with Crippen molar-refractivity contribution in [3.63, 3.8) is 0 Å². The normalized spacial score (nSPS) is 27.6. The Balaban J connectivity index is 2.11. The van der Waals surface area contributed by atoms with Crippen molar-refractivity contribution in [1.82, 2.24) is 9.55 Å². The van der Waals surface area contributed by atoms with Gasteiger partial charge in [-0.25, -0.2) is 4.79 Å². The molecule has 2 rings (SSSR count). The molecule has 8 nitrogen and oxygen atoms in total. The molecular weight excluding hydrogens is 304 g/mol. The average molecular weight is 326 g/mol. The van der Waals surface area contributed by atoms with Gasteiger partial charge in [0.25, 0.3) is 5.56 Å². The van der Waals surface area contributed by atoms with Gasteiger partial charge in [0.1, 0.15) is 12.2 Å². The molecule has 0 amide bonds. The highest BCUT2D eigenvalue weighted by atomic mass is 16.6. The van der Waals surface area contributed by atoms with Gasteiger partial charge in [-0.05, 0) is 18.9 Å². The van der Waals surface area contributed by atoms with Crippen LogP contribution in [-0.2, 0) is 9.47 Å². The lowest BCUT2D eigenvalue weighted by Crippen LogP contribution is -2.38. The molecule has 128 valence electrons. The van der Waals surface area contributed by atoms with E-state index >= 15 is 0 Å². The summed E-state index contributed by atoms with van der Waals surface area (Å²) in [7, 11) is 0. The third-order valence-corrected chi connectivity index (χ3v) is 3.67. The highest BCUT2D eigenvalue weighted by Crippen LogP contribution is 2.30. The van der Waals surface area contributed by atoms with E-state index < -0.39 is 35.8 Å². The molecule has 1 fully saturated rings. The molecule has 1 saturated heterocycles. The van der Waals surface area contributed by atoms with Crippen LogP contribution in [0.2, 0.25) is 0 Å². The fraction of sp³-hybridized carbons (Fsp3) is 0.600. The number of aromatic nitrogens is 2. The van der Waals surface area contributed by atoms with Gasteiger partial charge < -0.3 is 19.7 Å². The highest BCUT2D eigenvalue weighted by molar-refractivity contribution is 4.95. The average Bonchev–Trinajstić information content (AvgIpc) is 2.84. The molecule has 1 aromatic heterocycles.